The molecule has 7 nitrogen and oxygen atoms in total. The second-order valence-electron chi connectivity index (χ2n) is 6.35. The van der Waals surface area contributed by atoms with Gasteiger partial charge in [0.1, 0.15) is 12.4 Å². The quantitative estimate of drug-likeness (QED) is 0.672. The van der Waals surface area contributed by atoms with Gasteiger partial charge in [-0.25, -0.2) is 0 Å². The molecule has 0 saturated carbocycles. The summed E-state index contributed by atoms with van der Waals surface area (Å²) in [5.74, 6) is 0.965. The summed E-state index contributed by atoms with van der Waals surface area (Å²) in [7, 11) is 0. The number of halogens is 1. The molecule has 144 valence electrons. The lowest BCUT2D eigenvalue weighted by molar-refractivity contribution is -0.896. The van der Waals surface area contributed by atoms with Gasteiger partial charge >= 0.3 is 0 Å². The number of carbonyl (C=O) groups excluding carboxylic acids is 2. The van der Waals surface area contributed by atoms with E-state index in [1.165, 1.54) is 6.26 Å². The Morgan fingerprint density at radius 2 is 1.93 bits per heavy atom. The summed E-state index contributed by atoms with van der Waals surface area (Å²) in [6.07, 6.45) is 1.50. The average molecular weight is 393 g/mol. The topological polar surface area (TPSA) is 76.2 Å². The van der Waals surface area contributed by atoms with Crippen molar-refractivity contribution in [3.63, 3.8) is 0 Å². The Morgan fingerprint density at radius 1 is 1.19 bits per heavy atom. The molecule has 8 heteroatoms. The number of nitrogens with one attached hydrogen (secondary N) is 2. The maximum Gasteiger partial charge on any atom is 0.289 e. The molecule has 0 spiro atoms. The monoisotopic (exact) mass is 392 g/mol. The Morgan fingerprint density at radius 3 is 2.59 bits per heavy atom. The highest BCUT2D eigenvalue weighted by Gasteiger charge is 2.26. The van der Waals surface area contributed by atoms with Gasteiger partial charge in [0, 0.05) is 5.02 Å². The molecule has 1 saturated heterocycles. The number of hydrogen-bond acceptors (Lipinski definition) is 4. The summed E-state index contributed by atoms with van der Waals surface area (Å²) in [5.41, 5.74) is 0. The molecule has 3 rings (SSSR count). The maximum absolute atomic E-state index is 12.2. The van der Waals surface area contributed by atoms with Gasteiger partial charge < -0.3 is 24.3 Å². The highest BCUT2D eigenvalue weighted by molar-refractivity contribution is 6.30. The van der Waals surface area contributed by atoms with E-state index in [1.54, 1.807) is 41.3 Å². The van der Waals surface area contributed by atoms with E-state index < -0.39 is 0 Å². The van der Waals surface area contributed by atoms with E-state index in [9.17, 15) is 9.59 Å². The van der Waals surface area contributed by atoms with Crippen LogP contribution in [-0.2, 0) is 4.79 Å². The van der Waals surface area contributed by atoms with Crippen LogP contribution in [0.5, 0.6) is 5.75 Å². The third-order valence-corrected chi connectivity index (χ3v) is 4.66. The van der Waals surface area contributed by atoms with Gasteiger partial charge in [0.2, 0.25) is 0 Å². The minimum Gasteiger partial charge on any atom is -0.492 e. The van der Waals surface area contributed by atoms with Crippen molar-refractivity contribution in [1.82, 2.24) is 10.2 Å². The minimum absolute atomic E-state index is 0.0180. The van der Waals surface area contributed by atoms with Gasteiger partial charge in [-0.3, -0.25) is 9.59 Å². The first-order valence-corrected chi connectivity index (χ1v) is 9.31. The third kappa shape index (κ3) is 5.74. The zero-order chi connectivity index (χ0) is 19.1. The highest BCUT2D eigenvalue weighted by atomic mass is 35.5. The van der Waals surface area contributed by atoms with Crippen molar-refractivity contribution in [2.24, 2.45) is 0 Å². The van der Waals surface area contributed by atoms with Gasteiger partial charge in [0.25, 0.3) is 11.8 Å². The Labute approximate surface area is 162 Å². The Hall–Kier alpha value is -2.51. The zero-order valence-corrected chi connectivity index (χ0v) is 15.7. The molecule has 0 unspecified atom stereocenters. The Kier molecular flexibility index (Phi) is 6.73. The first-order valence-electron chi connectivity index (χ1n) is 8.93. The zero-order valence-electron chi connectivity index (χ0n) is 14.9. The van der Waals surface area contributed by atoms with Crippen LogP contribution in [0.2, 0.25) is 5.02 Å². The van der Waals surface area contributed by atoms with E-state index in [2.05, 4.69) is 5.32 Å². The fourth-order valence-corrected chi connectivity index (χ4v) is 3.06. The van der Waals surface area contributed by atoms with E-state index >= 15 is 0 Å². The molecule has 2 amide bonds. The Bertz CT molecular complexity index is 741. The standard InChI is InChI=1S/C19H22ClN3O4/c20-15-3-5-16(6-4-15)26-13-7-21-18(24)14-22-8-10-23(11-9-22)19(25)17-2-1-12-27-17/h1-6,12H,7-11,13-14H2,(H,21,24)/p+1. The lowest BCUT2D eigenvalue weighted by Crippen LogP contribution is -3.15. The largest absolute Gasteiger partial charge is 0.492 e. The fraction of sp³-hybridized carbons (Fsp3) is 0.368. The summed E-state index contributed by atoms with van der Waals surface area (Å²) in [6.45, 7) is 3.93. The number of piperazine rings is 1. The molecule has 2 N–H and O–H groups in total. The fourth-order valence-electron chi connectivity index (χ4n) is 2.94. The molecule has 2 aromatic rings. The number of carbonyl (C=O) groups is 2. The molecule has 1 aromatic carbocycles. The first kappa shape index (κ1) is 19.3. The average Bonchev–Trinajstić information content (AvgIpc) is 3.21. The van der Waals surface area contributed by atoms with Crippen LogP contribution in [0.4, 0.5) is 0 Å². The second kappa shape index (κ2) is 9.43. The minimum atomic E-state index is -0.0946. The van der Waals surface area contributed by atoms with E-state index in [0.29, 0.717) is 43.6 Å². The van der Waals surface area contributed by atoms with Crippen molar-refractivity contribution in [3.05, 3.63) is 53.4 Å². The van der Waals surface area contributed by atoms with Gasteiger partial charge in [0.15, 0.2) is 12.3 Å². The highest BCUT2D eigenvalue weighted by Crippen LogP contribution is 2.15. The molecule has 0 bridgehead atoms. The molecule has 1 aromatic heterocycles. The van der Waals surface area contributed by atoms with Gasteiger partial charge in [-0.05, 0) is 36.4 Å². The van der Waals surface area contributed by atoms with Crippen molar-refractivity contribution in [3.8, 4) is 5.75 Å². The number of amides is 2. The normalized spacial score (nSPS) is 14.8. The summed E-state index contributed by atoms with van der Waals surface area (Å²) in [4.78, 5) is 27.2. The molecule has 1 fully saturated rings. The number of benzene rings is 1. The van der Waals surface area contributed by atoms with E-state index in [4.69, 9.17) is 20.8 Å². The number of quaternary nitrogens is 1. The molecule has 0 atom stereocenters. The van der Waals surface area contributed by atoms with Crippen LogP contribution in [0, 0.1) is 0 Å². The first-order chi connectivity index (χ1) is 13.1. The SMILES string of the molecule is O=C(C[NH+]1CCN(C(=O)c2ccco2)CC1)NCCOc1ccc(Cl)cc1. The molecule has 0 radical (unpaired) electrons. The molecule has 27 heavy (non-hydrogen) atoms. The van der Waals surface area contributed by atoms with Crippen LogP contribution in [0.3, 0.4) is 0 Å². The van der Waals surface area contributed by atoms with E-state index in [-0.39, 0.29) is 11.8 Å². The van der Waals surface area contributed by atoms with Crippen molar-refractivity contribution in [2.45, 2.75) is 0 Å². The van der Waals surface area contributed by atoms with Gasteiger partial charge in [-0.2, -0.15) is 0 Å². The number of hydrogen-bond donors (Lipinski definition) is 2. The summed E-state index contributed by atoms with van der Waals surface area (Å²) in [6, 6.07) is 10.5. The third-order valence-electron chi connectivity index (χ3n) is 4.41. The van der Waals surface area contributed by atoms with E-state index in [0.717, 1.165) is 23.7 Å². The predicted molar refractivity (Wildman–Crippen MR) is 100 cm³/mol. The predicted octanol–water partition coefficient (Wildman–Crippen LogP) is 0.469. The number of furan rings is 1. The van der Waals surface area contributed by atoms with Crippen LogP contribution >= 0.6 is 11.6 Å². The lowest BCUT2D eigenvalue weighted by atomic mass is 10.3. The Balaban J connectivity index is 1.31. The number of ether oxygens (including phenoxy) is 1. The molecule has 0 aliphatic carbocycles. The van der Waals surface area contributed by atoms with Gasteiger partial charge in [-0.1, -0.05) is 11.6 Å². The maximum atomic E-state index is 12.2. The van der Waals surface area contributed by atoms with Crippen LogP contribution in [-0.4, -0.2) is 62.6 Å². The molecule has 1 aliphatic heterocycles. The van der Waals surface area contributed by atoms with Gasteiger partial charge in [-0.15, -0.1) is 0 Å². The van der Waals surface area contributed by atoms with Crippen molar-refractivity contribution < 1.29 is 23.6 Å². The smallest absolute Gasteiger partial charge is 0.289 e. The number of nitrogens with zero attached hydrogens (tertiary/aromatic N) is 1. The van der Waals surface area contributed by atoms with Crippen molar-refractivity contribution >= 4 is 23.4 Å². The van der Waals surface area contributed by atoms with Crippen LogP contribution < -0.4 is 15.0 Å². The molecular formula is C19H23ClN3O4+. The van der Waals surface area contributed by atoms with Crippen LogP contribution in [0.15, 0.2) is 47.1 Å². The van der Waals surface area contributed by atoms with Crippen LogP contribution in [0.1, 0.15) is 10.6 Å². The second-order valence-corrected chi connectivity index (χ2v) is 6.79. The lowest BCUT2D eigenvalue weighted by Gasteiger charge is -2.31. The molecule has 2 heterocycles. The summed E-state index contributed by atoms with van der Waals surface area (Å²) >= 11 is 5.82. The molecular weight excluding hydrogens is 370 g/mol. The molecule has 1 aliphatic rings. The summed E-state index contributed by atoms with van der Waals surface area (Å²) in [5, 5.41) is 3.52. The van der Waals surface area contributed by atoms with E-state index in [1.807, 2.05) is 0 Å². The number of rotatable bonds is 7. The summed E-state index contributed by atoms with van der Waals surface area (Å²) < 4.78 is 10.7. The van der Waals surface area contributed by atoms with Crippen LogP contribution in [0.25, 0.3) is 0 Å². The van der Waals surface area contributed by atoms with Crippen molar-refractivity contribution in [2.75, 3.05) is 45.9 Å². The van der Waals surface area contributed by atoms with Crippen molar-refractivity contribution in [1.29, 1.82) is 0 Å². The van der Waals surface area contributed by atoms with Gasteiger partial charge in [0.05, 0.1) is 39.0 Å².